The molecule has 2 N–H and O–H groups in total. The van der Waals surface area contributed by atoms with Crippen molar-refractivity contribution in [2.75, 3.05) is 12.8 Å². The summed E-state index contributed by atoms with van der Waals surface area (Å²) in [5.41, 5.74) is 8.98. The molecule has 1 aromatic carbocycles. The topological polar surface area (TPSA) is 48.1 Å². The van der Waals surface area contributed by atoms with Crippen LogP contribution in [-0.4, -0.2) is 12.1 Å². The molecule has 1 heterocycles. The van der Waals surface area contributed by atoms with Gasteiger partial charge in [-0.3, -0.25) is 0 Å². The van der Waals surface area contributed by atoms with E-state index >= 15 is 0 Å². The molecule has 0 fully saturated rings. The van der Waals surface area contributed by atoms with Gasteiger partial charge in [-0.25, -0.2) is 4.98 Å². The average molecular weight is 249 g/mol. The average Bonchev–Trinajstić information content (AvgIpc) is 2.31. The molecule has 0 spiro atoms. The molecule has 0 saturated heterocycles. The van der Waals surface area contributed by atoms with Gasteiger partial charge in [-0.15, -0.1) is 0 Å². The molecule has 1 aromatic heterocycles. The Hall–Kier alpha value is -1.74. The fraction of sp³-hybridized carbons (Fsp3) is 0.154. The normalized spacial score (nSPS) is 10.3. The zero-order chi connectivity index (χ0) is 12.4. The van der Waals surface area contributed by atoms with Crippen LogP contribution >= 0.6 is 11.6 Å². The number of nitrogens with two attached hydrogens (primary N) is 1. The number of aryl methyl sites for hydroxylation is 1. The predicted molar refractivity (Wildman–Crippen MR) is 70.4 cm³/mol. The van der Waals surface area contributed by atoms with E-state index in [1.807, 2.05) is 31.2 Å². The lowest BCUT2D eigenvalue weighted by Crippen LogP contribution is -1.97. The molecule has 3 nitrogen and oxygen atoms in total. The van der Waals surface area contributed by atoms with Crippen LogP contribution in [0.15, 0.2) is 30.3 Å². The lowest BCUT2D eigenvalue weighted by molar-refractivity contribution is 0.401. The van der Waals surface area contributed by atoms with Crippen molar-refractivity contribution in [2.24, 2.45) is 0 Å². The van der Waals surface area contributed by atoms with Crippen molar-refractivity contribution in [1.82, 2.24) is 4.98 Å². The first-order valence-electron chi connectivity index (χ1n) is 5.19. The van der Waals surface area contributed by atoms with Gasteiger partial charge in [-0.05, 0) is 13.0 Å². The maximum absolute atomic E-state index is 6.13. The third-order valence-corrected chi connectivity index (χ3v) is 2.78. The van der Waals surface area contributed by atoms with Gasteiger partial charge < -0.3 is 10.5 Å². The van der Waals surface area contributed by atoms with Crippen molar-refractivity contribution in [3.05, 3.63) is 40.9 Å². The summed E-state index contributed by atoms with van der Waals surface area (Å²) in [4.78, 5) is 4.31. The van der Waals surface area contributed by atoms with E-state index in [2.05, 4.69) is 4.98 Å². The van der Waals surface area contributed by atoms with Crippen LogP contribution in [0.25, 0.3) is 11.3 Å². The van der Waals surface area contributed by atoms with Crippen LogP contribution in [0.5, 0.6) is 5.88 Å². The third kappa shape index (κ3) is 2.34. The molecule has 4 heteroatoms. The summed E-state index contributed by atoms with van der Waals surface area (Å²) in [7, 11) is 1.53. The molecular weight excluding hydrogens is 236 g/mol. The second kappa shape index (κ2) is 4.63. The number of anilines is 1. The van der Waals surface area contributed by atoms with Gasteiger partial charge in [0.1, 0.15) is 0 Å². The summed E-state index contributed by atoms with van der Waals surface area (Å²) in [5.74, 6) is 0.393. The summed E-state index contributed by atoms with van der Waals surface area (Å²) in [6.07, 6.45) is 0. The molecule has 2 rings (SSSR count). The fourth-order valence-electron chi connectivity index (χ4n) is 1.56. The molecule has 0 aliphatic rings. The molecular formula is C13H13ClN2O. The van der Waals surface area contributed by atoms with Gasteiger partial charge >= 0.3 is 0 Å². The van der Waals surface area contributed by atoms with Crippen molar-refractivity contribution in [2.45, 2.75) is 6.92 Å². The van der Waals surface area contributed by atoms with Crippen LogP contribution in [0.1, 0.15) is 5.56 Å². The van der Waals surface area contributed by atoms with Gasteiger partial charge in [-0.1, -0.05) is 41.4 Å². The Kier molecular flexibility index (Phi) is 3.20. The second-order valence-electron chi connectivity index (χ2n) is 3.78. The molecule has 17 heavy (non-hydrogen) atoms. The Labute approximate surface area is 105 Å². The SMILES string of the molecule is COc1nc(-c2ccc(C)cc2)c(Cl)cc1N. The van der Waals surface area contributed by atoms with Crippen molar-refractivity contribution in [3.63, 3.8) is 0 Å². The molecule has 0 amide bonds. The number of aromatic nitrogens is 1. The summed E-state index contributed by atoms with van der Waals surface area (Å²) in [6, 6.07) is 9.62. The van der Waals surface area contributed by atoms with Crippen LogP contribution < -0.4 is 10.5 Å². The second-order valence-corrected chi connectivity index (χ2v) is 4.19. The summed E-state index contributed by atoms with van der Waals surface area (Å²) >= 11 is 6.13. The van der Waals surface area contributed by atoms with Gasteiger partial charge in [0.05, 0.1) is 23.5 Å². The van der Waals surface area contributed by atoms with Crippen LogP contribution in [0.3, 0.4) is 0 Å². The van der Waals surface area contributed by atoms with Crippen molar-refractivity contribution < 1.29 is 4.74 Å². The molecule has 0 bridgehead atoms. The minimum Gasteiger partial charge on any atom is -0.480 e. The highest BCUT2D eigenvalue weighted by Crippen LogP contribution is 2.32. The van der Waals surface area contributed by atoms with E-state index in [0.29, 0.717) is 22.3 Å². The van der Waals surface area contributed by atoms with Gasteiger partial charge in [0.2, 0.25) is 5.88 Å². The molecule has 88 valence electrons. The zero-order valence-corrected chi connectivity index (χ0v) is 10.5. The number of hydrogen-bond donors (Lipinski definition) is 1. The number of methoxy groups -OCH3 is 1. The smallest absolute Gasteiger partial charge is 0.237 e. The molecule has 0 unspecified atom stereocenters. The van der Waals surface area contributed by atoms with Crippen molar-refractivity contribution >= 4 is 17.3 Å². The number of benzene rings is 1. The van der Waals surface area contributed by atoms with E-state index in [4.69, 9.17) is 22.1 Å². The number of nitrogen functional groups attached to an aromatic ring is 1. The Morgan fingerprint density at radius 2 is 1.88 bits per heavy atom. The van der Waals surface area contributed by atoms with E-state index in [-0.39, 0.29) is 0 Å². The minimum absolute atomic E-state index is 0.393. The van der Waals surface area contributed by atoms with E-state index < -0.39 is 0 Å². The summed E-state index contributed by atoms with van der Waals surface area (Å²) < 4.78 is 5.09. The summed E-state index contributed by atoms with van der Waals surface area (Å²) in [5, 5.41) is 0.521. The standard InChI is InChI=1S/C13H13ClN2O/c1-8-3-5-9(6-4-8)12-10(14)7-11(15)13(16-12)17-2/h3-7H,15H2,1-2H3. The molecule has 0 radical (unpaired) electrons. The maximum Gasteiger partial charge on any atom is 0.237 e. The zero-order valence-electron chi connectivity index (χ0n) is 9.70. The van der Waals surface area contributed by atoms with E-state index in [9.17, 15) is 0 Å². The maximum atomic E-state index is 6.13. The van der Waals surface area contributed by atoms with Crippen LogP contribution in [0.4, 0.5) is 5.69 Å². The monoisotopic (exact) mass is 248 g/mol. The lowest BCUT2D eigenvalue weighted by atomic mass is 10.1. The van der Waals surface area contributed by atoms with Gasteiger partial charge in [-0.2, -0.15) is 0 Å². The largest absolute Gasteiger partial charge is 0.480 e. The number of rotatable bonds is 2. The Morgan fingerprint density at radius 1 is 1.24 bits per heavy atom. The Bertz CT molecular complexity index is 538. The lowest BCUT2D eigenvalue weighted by Gasteiger charge is -2.09. The fourth-order valence-corrected chi connectivity index (χ4v) is 1.83. The highest BCUT2D eigenvalue weighted by Gasteiger charge is 2.10. The highest BCUT2D eigenvalue weighted by atomic mass is 35.5. The molecule has 0 saturated carbocycles. The van der Waals surface area contributed by atoms with Crippen LogP contribution in [0.2, 0.25) is 5.02 Å². The molecule has 0 aliphatic carbocycles. The first kappa shape index (κ1) is 11.7. The summed E-state index contributed by atoms with van der Waals surface area (Å²) in [6.45, 7) is 2.03. The third-order valence-electron chi connectivity index (χ3n) is 2.49. The van der Waals surface area contributed by atoms with E-state index in [0.717, 1.165) is 5.56 Å². The van der Waals surface area contributed by atoms with Gasteiger partial charge in [0.15, 0.2) is 0 Å². The first-order chi connectivity index (χ1) is 8.11. The van der Waals surface area contributed by atoms with Gasteiger partial charge in [0, 0.05) is 5.56 Å². The van der Waals surface area contributed by atoms with Crippen LogP contribution in [0, 0.1) is 6.92 Å². The van der Waals surface area contributed by atoms with E-state index in [1.54, 1.807) is 6.07 Å². The van der Waals surface area contributed by atoms with Crippen molar-refractivity contribution in [3.8, 4) is 17.1 Å². The van der Waals surface area contributed by atoms with Gasteiger partial charge in [0.25, 0.3) is 0 Å². The number of halogens is 1. The molecule has 2 aromatic rings. The Morgan fingerprint density at radius 3 is 2.47 bits per heavy atom. The predicted octanol–water partition coefficient (Wildman–Crippen LogP) is 3.30. The van der Waals surface area contributed by atoms with Crippen molar-refractivity contribution in [1.29, 1.82) is 0 Å². The number of nitrogens with zero attached hydrogens (tertiary/aromatic N) is 1. The highest BCUT2D eigenvalue weighted by molar-refractivity contribution is 6.33. The first-order valence-corrected chi connectivity index (χ1v) is 5.56. The minimum atomic E-state index is 0.393. The molecule has 0 atom stereocenters. The quantitative estimate of drug-likeness (QED) is 0.887. The Balaban J connectivity index is 2.55. The number of hydrogen-bond acceptors (Lipinski definition) is 3. The number of ether oxygens (including phenoxy) is 1. The van der Waals surface area contributed by atoms with Crippen LogP contribution in [-0.2, 0) is 0 Å². The molecule has 0 aliphatic heterocycles. The van der Waals surface area contributed by atoms with E-state index in [1.165, 1.54) is 12.7 Å². The number of pyridine rings is 1.